The molecule has 0 radical (unpaired) electrons. The predicted molar refractivity (Wildman–Crippen MR) is 190 cm³/mol. The number of hydrogen-bond acceptors (Lipinski definition) is 1. The zero-order valence-electron chi connectivity index (χ0n) is 39.3. The summed E-state index contributed by atoms with van der Waals surface area (Å²) in [4.78, 5) is 0. The Balaban J connectivity index is 1.44. The molecule has 0 saturated heterocycles. The fourth-order valence-corrected chi connectivity index (χ4v) is 6.05. The standard InChI is InChI=1S/C44H28O/c1-3-13-29(14-4-1)30-23-25-32(26-24-30)43-34-18-7-9-20-36(34)44(37-21-10-8-19-35(37)43)40-27-39-33-17-11-12-22-41(33)45-42(39)28-38(40)31-15-5-2-6-16-31/h1-28H/i1D,2D,3D,4D,5D,6D,11D,12D,13D,14D,15D,16D,17D,22D,27D,28D. The molecular weight excluding hydrogens is 544 g/mol. The third-order valence-electron chi connectivity index (χ3n) is 7.97. The fraction of sp³-hybridized carbons (Fsp3) is 0. The van der Waals surface area contributed by atoms with Gasteiger partial charge in [-0.15, -0.1) is 0 Å². The van der Waals surface area contributed by atoms with Gasteiger partial charge in [0.25, 0.3) is 0 Å². The summed E-state index contributed by atoms with van der Waals surface area (Å²) in [5.41, 5.74) is 0.945. The maximum absolute atomic E-state index is 9.98. The smallest absolute Gasteiger partial charge is 0.136 e. The molecule has 1 heteroatoms. The van der Waals surface area contributed by atoms with Crippen molar-refractivity contribution in [2.45, 2.75) is 0 Å². The molecule has 0 aliphatic heterocycles. The summed E-state index contributed by atoms with van der Waals surface area (Å²) in [6.07, 6.45) is 0. The first-order valence-corrected chi connectivity index (χ1v) is 14.1. The second kappa shape index (κ2) is 10.4. The first-order valence-electron chi connectivity index (χ1n) is 22.1. The predicted octanol–water partition coefficient (Wildman–Crippen LogP) is 12.6. The summed E-state index contributed by atoms with van der Waals surface area (Å²) in [6, 6.07) is 12.9. The highest BCUT2D eigenvalue weighted by Crippen LogP contribution is 2.48. The molecule has 9 aromatic rings. The number of para-hydroxylation sites is 1. The summed E-state index contributed by atoms with van der Waals surface area (Å²) < 4.78 is 145. The van der Waals surface area contributed by atoms with E-state index in [1.165, 1.54) is 0 Å². The molecule has 1 heterocycles. The zero-order chi connectivity index (χ0) is 43.7. The highest BCUT2D eigenvalue weighted by Gasteiger charge is 2.21. The lowest BCUT2D eigenvalue weighted by Crippen LogP contribution is -1.93. The molecule has 0 aliphatic rings. The van der Waals surface area contributed by atoms with Crippen LogP contribution in [0.5, 0.6) is 0 Å². The van der Waals surface area contributed by atoms with Crippen LogP contribution in [0.1, 0.15) is 21.9 Å². The molecule has 0 fully saturated rings. The van der Waals surface area contributed by atoms with Crippen LogP contribution in [0, 0.1) is 0 Å². The van der Waals surface area contributed by atoms with Gasteiger partial charge in [-0.25, -0.2) is 0 Å². The number of benzene rings is 8. The van der Waals surface area contributed by atoms with Crippen molar-refractivity contribution in [3.05, 3.63) is 169 Å². The molecule has 0 unspecified atom stereocenters. The lowest BCUT2D eigenvalue weighted by Gasteiger charge is -2.20. The highest BCUT2D eigenvalue weighted by molar-refractivity contribution is 6.23. The maximum Gasteiger partial charge on any atom is 0.136 e. The first kappa shape index (κ1) is 14.2. The Morgan fingerprint density at radius 3 is 1.53 bits per heavy atom. The Morgan fingerprint density at radius 1 is 0.356 bits per heavy atom. The van der Waals surface area contributed by atoms with Crippen molar-refractivity contribution in [2.75, 3.05) is 0 Å². The normalized spacial score (nSPS) is 16.5. The largest absolute Gasteiger partial charge is 0.456 e. The SMILES string of the molecule is [2H]c1c([2H])c([2H])c(-c2ccc(-c3c4ccccc4c(-c4c(-c5c([2H])c([2H])c([2H])c([2H])c5[2H])c([2H])c5oc6c([2H])c([2H])c([2H])c([2H])c6c5c4[2H])c4ccccc34)cc2)c([2H])c1[2H]. The van der Waals surface area contributed by atoms with Crippen molar-refractivity contribution in [3.8, 4) is 44.5 Å². The van der Waals surface area contributed by atoms with E-state index < -0.39 is 78.6 Å². The summed E-state index contributed by atoms with van der Waals surface area (Å²) >= 11 is 0. The molecule has 0 N–H and O–H groups in total. The van der Waals surface area contributed by atoms with E-state index in [2.05, 4.69) is 0 Å². The average molecular weight is 589 g/mol. The summed E-state index contributed by atoms with van der Waals surface area (Å²) in [6.45, 7) is 0. The van der Waals surface area contributed by atoms with Crippen LogP contribution in [0.4, 0.5) is 0 Å². The van der Waals surface area contributed by atoms with Crippen molar-refractivity contribution in [2.24, 2.45) is 0 Å². The minimum atomic E-state index is -0.672. The molecule has 8 aromatic carbocycles. The highest BCUT2D eigenvalue weighted by atomic mass is 16.3. The van der Waals surface area contributed by atoms with Gasteiger partial charge in [0.1, 0.15) is 11.2 Å². The van der Waals surface area contributed by atoms with E-state index in [4.69, 9.17) is 23.6 Å². The van der Waals surface area contributed by atoms with Gasteiger partial charge in [0.2, 0.25) is 0 Å². The van der Waals surface area contributed by atoms with Crippen LogP contribution >= 0.6 is 0 Å². The van der Waals surface area contributed by atoms with Crippen molar-refractivity contribution >= 4 is 43.5 Å². The van der Waals surface area contributed by atoms with E-state index in [1.807, 2.05) is 24.3 Å². The minimum Gasteiger partial charge on any atom is -0.456 e. The van der Waals surface area contributed by atoms with Crippen molar-refractivity contribution < 1.29 is 26.3 Å². The molecule has 9 rings (SSSR count). The van der Waals surface area contributed by atoms with Crippen LogP contribution in [0.2, 0.25) is 0 Å². The van der Waals surface area contributed by atoms with Gasteiger partial charge in [-0.2, -0.15) is 0 Å². The van der Waals surface area contributed by atoms with Gasteiger partial charge in [-0.3, -0.25) is 0 Å². The van der Waals surface area contributed by atoms with Gasteiger partial charge in [0.05, 0.1) is 21.9 Å². The van der Waals surface area contributed by atoms with Crippen LogP contribution in [0.15, 0.2) is 174 Å². The topological polar surface area (TPSA) is 13.1 Å². The Kier molecular flexibility index (Phi) is 3.28. The molecule has 210 valence electrons. The molecule has 0 aliphatic carbocycles. The van der Waals surface area contributed by atoms with E-state index in [0.717, 1.165) is 0 Å². The number of furan rings is 1. The fourth-order valence-electron chi connectivity index (χ4n) is 6.05. The van der Waals surface area contributed by atoms with E-state index >= 15 is 0 Å². The molecule has 1 nitrogen and oxygen atoms in total. The second-order valence-electron chi connectivity index (χ2n) is 10.4. The summed E-state index contributed by atoms with van der Waals surface area (Å²) in [5, 5.41) is 2.09. The van der Waals surface area contributed by atoms with E-state index in [-0.39, 0.29) is 62.3 Å². The Hall–Kier alpha value is -5.92. The molecule has 1 aromatic heterocycles. The third kappa shape index (κ3) is 4.17. The molecule has 0 bridgehead atoms. The minimum absolute atomic E-state index is 0.0263. The number of rotatable bonds is 4. The quantitative estimate of drug-likeness (QED) is 0.186. The van der Waals surface area contributed by atoms with Crippen LogP contribution in [0.25, 0.3) is 88.0 Å². The Labute approximate surface area is 284 Å². The lowest BCUT2D eigenvalue weighted by molar-refractivity contribution is 0.669. The van der Waals surface area contributed by atoms with Gasteiger partial charge >= 0.3 is 0 Å². The van der Waals surface area contributed by atoms with Gasteiger partial charge in [0, 0.05) is 10.8 Å². The van der Waals surface area contributed by atoms with Gasteiger partial charge in [-0.05, 0) is 84.2 Å². The molecule has 0 spiro atoms. The van der Waals surface area contributed by atoms with Crippen LogP contribution < -0.4 is 0 Å². The number of hydrogen-bond donors (Lipinski definition) is 0. The third-order valence-corrected chi connectivity index (χ3v) is 7.97. The summed E-state index contributed by atoms with van der Waals surface area (Å²) in [5.74, 6) is 0. The Bertz CT molecular complexity index is 3310. The monoisotopic (exact) mass is 588 g/mol. The van der Waals surface area contributed by atoms with E-state index in [9.17, 15) is 2.74 Å². The van der Waals surface area contributed by atoms with Gasteiger partial charge in [0.15, 0.2) is 0 Å². The average Bonchev–Trinajstić information content (AvgIpc) is 3.68. The van der Waals surface area contributed by atoms with E-state index in [1.54, 1.807) is 48.5 Å². The molecule has 0 saturated carbocycles. The van der Waals surface area contributed by atoms with Crippen LogP contribution in [-0.2, 0) is 0 Å². The van der Waals surface area contributed by atoms with Crippen LogP contribution in [-0.4, -0.2) is 0 Å². The van der Waals surface area contributed by atoms with Crippen LogP contribution in [0.3, 0.4) is 0 Å². The van der Waals surface area contributed by atoms with Crippen molar-refractivity contribution in [1.82, 2.24) is 0 Å². The molecule has 0 amide bonds. The maximum atomic E-state index is 9.98. The zero-order valence-corrected chi connectivity index (χ0v) is 23.3. The first-order chi connectivity index (χ1) is 29.0. The Morgan fingerprint density at radius 2 is 0.889 bits per heavy atom. The molecular formula is C44H28O. The second-order valence-corrected chi connectivity index (χ2v) is 10.4. The van der Waals surface area contributed by atoms with Gasteiger partial charge in [-0.1, -0.05) is 151 Å². The van der Waals surface area contributed by atoms with Crippen molar-refractivity contribution in [3.63, 3.8) is 0 Å². The lowest BCUT2D eigenvalue weighted by atomic mass is 9.83. The van der Waals surface area contributed by atoms with Crippen molar-refractivity contribution in [1.29, 1.82) is 0 Å². The number of fused-ring (bicyclic) bond motifs is 5. The van der Waals surface area contributed by atoms with E-state index in [0.29, 0.717) is 43.8 Å². The summed E-state index contributed by atoms with van der Waals surface area (Å²) in [7, 11) is 0. The molecule has 45 heavy (non-hydrogen) atoms. The molecule has 0 atom stereocenters. The van der Waals surface area contributed by atoms with Gasteiger partial charge < -0.3 is 4.42 Å².